The maximum Gasteiger partial charge on any atom is 0.200 e. The van der Waals surface area contributed by atoms with Crippen LogP contribution in [0, 0.1) is 0 Å². The van der Waals surface area contributed by atoms with E-state index >= 15 is 0 Å². The van der Waals surface area contributed by atoms with E-state index in [1.807, 2.05) is 24.3 Å². The smallest absolute Gasteiger partial charge is 0.200 e. The SMILES string of the molecule is Nc1nc(-c2ccc(P)cc2)ns1. The second kappa shape index (κ2) is 3.40. The van der Waals surface area contributed by atoms with E-state index in [2.05, 4.69) is 18.6 Å². The van der Waals surface area contributed by atoms with Crippen molar-refractivity contribution in [3.8, 4) is 11.4 Å². The van der Waals surface area contributed by atoms with Gasteiger partial charge in [-0.1, -0.05) is 24.3 Å². The number of nitrogens with two attached hydrogens (primary N) is 1. The van der Waals surface area contributed by atoms with E-state index in [0.717, 1.165) is 10.9 Å². The summed E-state index contributed by atoms with van der Waals surface area (Å²) in [4.78, 5) is 4.09. The third-order valence-electron chi connectivity index (χ3n) is 1.61. The zero-order valence-electron chi connectivity index (χ0n) is 6.77. The molecule has 1 unspecified atom stereocenters. The average molecular weight is 209 g/mol. The Kier molecular flexibility index (Phi) is 2.25. The van der Waals surface area contributed by atoms with Crippen molar-refractivity contribution in [2.45, 2.75) is 0 Å². The quantitative estimate of drug-likeness (QED) is 0.720. The van der Waals surface area contributed by atoms with Gasteiger partial charge in [-0.15, -0.1) is 9.24 Å². The largest absolute Gasteiger partial charge is 0.374 e. The molecule has 0 radical (unpaired) electrons. The second-order valence-corrected chi connectivity index (χ2v) is 4.03. The lowest BCUT2D eigenvalue weighted by Gasteiger charge is -1.94. The molecule has 0 fully saturated rings. The molecule has 0 spiro atoms. The molecule has 1 atom stereocenters. The van der Waals surface area contributed by atoms with Crippen LogP contribution in [0.4, 0.5) is 5.13 Å². The lowest BCUT2D eigenvalue weighted by Crippen LogP contribution is -1.89. The predicted octanol–water partition coefficient (Wildman–Crippen LogP) is 1.29. The Balaban J connectivity index is 2.41. The van der Waals surface area contributed by atoms with Crippen LogP contribution in [0.2, 0.25) is 0 Å². The summed E-state index contributed by atoms with van der Waals surface area (Å²) >= 11 is 1.21. The van der Waals surface area contributed by atoms with Crippen molar-refractivity contribution in [2.24, 2.45) is 0 Å². The lowest BCUT2D eigenvalue weighted by atomic mass is 10.2. The molecule has 0 amide bonds. The van der Waals surface area contributed by atoms with Crippen LogP contribution in [0.25, 0.3) is 11.4 Å². The van der Waals surface area contributed by atoms with Crippen LogP contribution in [0.1, 0.15) is 0 Å². The summed E-state index contributed by atoms with van der Waals surface area (Å²) in [6, 6.07) is 7.95. The van der Waals surface area contributed by atoms with E-state index in [9.17, 15) is 0 Å². The number of rotatable bonds is 1. The van der Waals surface area contributed by atoms with Crippen molar-refractivity contribution < 1.29 is 0 Å². The van der Waals surface area contributed by atoms with Crippen molar-refractivity contribution in [1.82, 2.24) is 9.36 Å². The molecule has 2 N–H and O–H groups in total. The van der Waals surface area contributed by atoms with Gasteiger partial charge in [-0.25, -0.2) is 0 Å². The van der Waals surface area contributed by atoms with E-state index in [1.165, 1.54) is 11.5 Å². The van der Waals surface area contributed by atoms with Gasteiger partial charge in [0.2, 0.25) is 0 Å². The van der Waals surface area contributed by atoms with Crippen LogP contribution in [0.3, 0.4) is 0 Å². The highest BCUT2D eigenvalue weighted by Crippen LogP contribution is 2.18. The molecule has 1 aromatic carbocycles. The van der Waals surface area contributed by atoms with Gasteiger partial charge in [-0.05, 0) is 5.30 Å². The van der Waals surface area contributed by atoms with Crippen LogP contribution in [-0.2, 0) is 0 Å². The summed E-state index contributed by atoms with van der Waals surface area (Å²) in [6.45, 7) is 0. The fourth-order valence-electron chi connectivity index (χ4n) is 0.985. The van der Waals surface area contributed by atoms with E-state index < -0.39 is 0 Å². The summed E-state index contributed by atoms with van der Waals surface area (Å²) < 4.78 is 4.11. The van der Waals surface area contributed by atoms with Gasteiger partial charge in [0.25, 0.3) is 0 Å². The Morgan fingerprint density at radius 1 is 1.23 bits per heavy atom. The molecular weight excluding hydrogens is 201 g/mol. The van der Waals surface area contributed by atoms with Crippen molar-refractivity contribution in [3.63, 3.8) is 0 Å². The van der Waals surface area contributed by atoms with Crippen LogP contribution in [0.15, 0.2) is 24.3 Å². The normalized spacial score (nSPS) is 10.2. The Hall–Kier alpha value is -0.990. The van der Waals surface area contributed by atoms with Crippen molar-refractivity contribution in [1.29, 1.82) is 0 Å². The minimum absolute atomic E-state index is 0.505. The first-order valence-electron chi connectivity index (χ1n) is 3.71. The standard InChI is InChI=1S/C8H8N3PS/c9-8-10-7(11-13-8)5-1-3-6(12)4-2-5/h1-4H,12H2,(H2,9,10,11). The zero-order chi connectivity index (χ0) is 9.26. The fraction of sp³-hybridized carbons (Fsp3) is 0. The Bertz CT molecular complexity index is 410. The first-order valence-corrected chi connectivity index (χ1v) is 5.06. The minimum Gasteiger partial charge on any atom is -0.374 e. The molecule has 66 valence electrons. The summed E-state index contributed by atoms with van der Waals surface area (Å²) in [5.41, 5.74) is 6.49. The molecule has 5 heteroatoms. The van der Waals surface area contributed by atoms with E-state index in [4.69, 9.17) is 5.73 Å². The first-order chi connectivity index (χ1) is 6.25. The lowest BCUT2D eigenvalue weighted by molar-refractivity contribution is 1.33. The van der Waals surface area contributed by atoms with Crippen molar-refractivity contribution in [3.05, 3.63) is 24.3 Å². The highest BCUT2D eigenvalue weighted by molar-refractivity contribution is 7.27. The molecule has 1 aromatic heterocycles. The summed E-state index contributed by atoms with van der Waals surface area (Å²) in [5, 5.41) is 1.65. The minimum atomic E-state index is 0.505. The molecule has 0 bridgehead atoms. The van der Waals surface area contributed by atoms with Gasteiger partial charge in [0, 0.05) is 17.1 Å². The molecule has 13 heavy (non-hydrogen) atoms. The van der Waals surface area contributed by atoms with Gasteiger partial charge >= 0.3 is 0 Å². The monoisotopic (exact) mass is 209 g/mol. The Labute approximate surface area is 82.4 Å². The summed E-state index contributed by atoms with van der Waals surface area (Å²) in [5.74, 6) is 0.701. The van der Waals surface area contributed by atoms with Crippen LogP contribution in [0.5, 0.6) is 0 Å². The molecule has 3 nitrogen and oxygen atoms in total. The molecule has 0 saturated heterocycles. The summed E-state index contributed by atoms with van der Waals surface area (Å²) in [7, 11) is 2.63. The highest BCUT2D eigenvalue weighted by Gasteiger charge is 2.02. The summed E-state index contributed by atoms with van der Waals surface area (Å²) in [6.07, 6.45) is 0. The van der Waals surface area contributed by atoms with Crippen molar-refractivity contribution in [2.75, 3.05) is 5.73 Å². The van der Waals surface area contributed by atoms with E-state index in [0.29, 0.717) is 11.0 Å². The molecule has 2 rings (SSSR count). The van der Waals surface area contributed by atoms with Gasteiger partial charge in [-0.2, -0.15) is 9.36 Å². The number of benzene rings is 1. The molecule has 0 saturated carbocycles. The van der Waals surface area contributed by atoms with E-state index in [-0.39, 0.29) is 0 Å². The maximum atomic E-state index is 5.49. The molecule has 0 aliphatic heterocycles. The van der Waals surface area contributed by atoms with Gasteiger partial charge in [0.15, 0.2) is 11.0 Å². The van der Waals surface area contributed by atoms with Gasteiger partial charge < -0.3 is 5.73 Å². The zero-order valence-corrected chi connectivity index (χ0v) is 8.74. The topological polar surface area (TPSA) is 51.8 Å². The highest BCUT2D eigenvalue weighted by atomic mass is 32.1. The third kappa shape index (κ3) is 1.85. The number of anilines is 1. The predicted molar refractivity (Wildman–Crippen MR) is 59.1 cm³/mol. The van der Waals surface area contributed by atoms with Crippen LogP contribution in [-0.4, -0.2) is 9.36 Å². The molecular formula is C8H8N3PS. The van der Waals surface area contributed by atoms with Gasteiger partial charge in [0.1, 0.15) is 0 Å². The maximum absolute atomic E-state index is 5.49. The second-order valence-electron chi connectivity index (χ2n) is 2.58. The molecule has 1 heterocycles. The average Bonchev–Trinajstić information content (AvgIpc) is 2.53. The number of aromatic nitrogens is 2. The Morgan fingerprint density at radius 3 is 2.46 bits per heavy atom. The number of hydrogen-bond acceptors (Lipinski definition) is 4. The molecule has 2 aromatic rings. The first kappa shape index (κ1) is 8.60. The van der Waals surface area contributed by atoms with Crippen LogP contribution < -0.4 is 11.0 Å². The number of nitrogen functional groups attached to an aromatic ring is 1. The molecule has 0 aliphatic carbocycles. The molecule has 0 aliphatic rings. The van der Waals surface area contributed by atoms with Crippen molar-refractivity contribution >= 4 is 31.2 Å². The Morgan fingerprint density at radius 2 is 1.92 bits per heavy atom. The number of hydrogen-bond donors (Lipinski definition) is 1. The van der Waals surface area contributed by atoms with E-state index in [1.54, 1.807) is 0 Å². The van der Waals surface area contributed by atoms with Gasteiger partial charge in [0.05, 0.1) is 0 Å². The fourth-order valence-corrected chi connectivity index (χ4v) is 1.63. The number of nitrogens with zero attached hydrogens (tertiary/aromatic N) is 2. The third-order valence-corrected chi connectivity index (χ3v) is 2.54. The van der Waals surface area contributed by atoms with Gasteiger partial charge in [-0.3, -0.25) is 0 Å². The van der Waals surface area contributed by atoms with Crippen LogP contribution >= 0.6 is 20.8 Å².